The topological polar surface area (TPSA) is 20.2 Å². The van der Waals surface area contributed by atoms with E-state index in [0.717, 1.165) is 5.56 Å². The molecule has 0 fully saturated rings. The molecular formula is C16H25FO. The molecule has 1 nitrogen and oxygen atoms in total. The molecule has 0 spiro atoms. The van der Waals surface area contributed by atoms with Gasteiger partial charge in [-0.15, -0.1) is 0 Å². The van der Waals surface area contributed by atoms with Gasteiger partial charge in [0.1, 0.15) is 5.82 Å². The Morgan fingerprint density at radius 1 is 1.11 bits per heavy atom. The molecule has 1 rings (SSSR count). The zero-order valence-electron chi connectivity index (χ0n) is 12.1. The van der Waals surface area contributed by atoms with Crippen molar-refractivity contribution >= 4 is 0 Å². The maximum Gasteiger partial charge on any atom is 0.129 e. The summed E-state index contributed by atoms with van der Waals surface area (Å²) < 4.78 is 14.0. The first-order valence-electron chi connectivity index (χ1n) is 6.73. The van der Waals surface area contributed by atoms with Crippen molar-refractivity contribution in [3.8, 4) is 0 Å². The fourth-order valence-corrected chi connectivity index (χ4v) is 2.65. The number of aryl methyl sites for hydroxylation is 1. The smallest absolute Gasteiger partial charge is 0.129 e. The maximum absolute atomic E-state index is 14.0. The van der Waals surface area contributed by atoms with Crippen LogP contribution in [0.1, 0.15) is 51.7 Å². The summed E-state index contributed by atoms with van der Waals surface area (Å²) >= 11 is 0. The van der Waals surface area contributed by atoms with Crippen LogP contribution in [0, 0.1) is 24.6 Å². The van der Waals surface area contributed by atoms with Gasteiger partial charge in [0.15, 0.2) is 0 Å². The van der Waals surface area contributed by atoms with Gasteiger partial charge in [0, 0.05) is 5.56 Å². The third kappa shape index (κ3) is 3.81. The van der Waals surface area contributed by atoms with Crippen LogP contribution in [0.2, 0.25) is 0 Å². The number of aliphatic hydroxyl groups is 1. The lowest BCUT2D eigenvalue weighted by molar-refractivity contribution is -0.00759. The molecule has 0 aromatic heterocycles. The second-order valence-corrected chi connectivity index (χ2v) is 6.21. The molecule has 0 radical (unpaired) electrons. The minimum absolute atomic E-state index is 0.301. The Hall–Kier alpha value is -0.890. The van der Waals surface area contributed by atoms with Crippen molar-refractivity contribution < 1.29 is 9.50 Å². The molecule has 0 saturated heterocycles. The predicted octanol–water partition coefficient (Wildman–Crippen LogP) is 4.41. The molecule has 102 valence electrons. The Morgan fingerprint density at radius 2 is 1.61 bits per heavy atom. The van der Waals surface area contributed by atoms with Crippen LogP contribution in [-0.2, 0) is 5.60 Å². The van der Waals surface area contributed by atoms with E-state index in [1.165, 1.54) is 6.07 Å². The van der Waals surface area contributed by atoms with E-state index in [-0.39, 0.29) is 5.82 Å². The Labute approximate surface area is 110 Å². The SMILES string of the molecule is Cc1ccc(F)c(C(O)(CC(C)C)CC(C)C)c1. The lowest BCUT2D eigenvalue weighted by Crippen LogP contribution is -2.31. The largest absolute Gasteiger partial charge is 0.385 e. The zero-order chi connectivity index (χ0) is 13.9. The molecule has 1 aromatic rings. The fourth-order valence-electron chi connectivity index (χ4n) is 2.65. The highest BCUT2D eigenvalue weighted by Crippen LogP contribution is 2.36. The predicted molar refractivity (Wildman–Crippen MR) is 73.9 cm³/mol. The highest BCUT2D eigenvalue weighted by atomic mass is 19.1. The van der Waals surface area contributed by atoms with Crippen molar-refractivity contribution in [1.82, 2.24) is 0 Å². The third-order valence-corrected chi connectivity index (χ3v) is 3.12. The van der Waals surface area contributed by atoms with Crippen LogP contribution < -0.4 is 0 Å². The second kappa shape index (κ2) is 5.83. The van der Waals surface area contributed by atoms with Gasteiger partial charge in [-0.3, -0.25) is 0 Å². The van der Waals surface area contributed by atoms with Crippen molar-refractivity contribution in [2.45, 2.75) is 53.1 Å². The number of benzene rings is 1. The van der Waals surface area contributed by atoms with Gasteiger partial charge >= 0.3 is 0 Å². The van der Waals surface area contributed by atoms with Gasteiger partial charge in [0.05, 0.1) is 5.60 Å². The van der Waals surface area contributed by atoms with Crippen LogP contribution in [0.25, 0.3) is 0 Å². The summed E-state index contributed by atoms with van der Waals surface area (Å²) in [4.78, 5) is 0. The highest BCUT2D eigenvalue weighted by molar-refractivity contribution is 5.29. The van der Waals surface area contributed by atoms with E-state index in [1.807, 2.05) is 6.92 Å². The zero-order valence-corrected chi connectivity index (χ0v) is 12.1. The van der Waals surface area contributed by atoms with Crippen molar-refractivity contribution in [3.63, 3.8) is 0 Å². The molecule has 0 saturated carbocycles. The Kier molecular flexibility index (Phi) is 4.92. The van der Waals surface area contributed by atoms with E-state index in [9.17, 15) is 9.50 Å². The van der Waals surface area contributed by atoms with Crippen LogP contribution in [0.15, 0.2) is 18.2 Å². The maximum atomic E-state index is 14.0. The van der Waals surface area contributed by atoms with Gasteiger partial charge in [-0.1, -0.05) is 45.4 Å². The van der Waals surface area contributed by atoms with Crippen LogP contribution in [0.4, 0.5) is 4.39 Å². The number of hydrogen-bond acceptors (Lipinski definition) is 1. The Morgan fingerprint density at radius 3 is 2.06 bits per heavy atom. The molecule has 0 heterocycles. The lowest BCUT2D eigenvalue weighted by Gasteiger charge is -2.32. The highest BCUT2D eigenvalue weighted by Gasteiger charge is 2.33. The van der Waals surface area contributed by atoms with Crippen LogP contribution in [0.3, 0.4) is 0 Å². The first kappa shape index (κ1) is 15.2. The first-order chi connectivity index (χ1) is 8.24. The van der Waals surface area contributed by atoms with Gasteiger partial charge in [-0.25, -0.2) is 4.39 Å². The molecule has 1 N–H and O–H groups in total. The summed E-state index contributed by atoms with van der Waals surface area (Å²) in [5.74, 6) is 0.353. The van der Waals surface area contributed by atoms with Crippen LogP contribution in [-0.4, -0.2) is 5.11 Å². The second-order valence-electron chi connectivity index (χ2n) is 6.21. The van der Waals surface area contributed by atoms with E-state index in [2.05, 4.69) is 27.7 Å². The number of rotatable bonds is 5. The molecule has 0 amide bonds. The number of halogens is 1. The van der Waals surface area contributed by atoms with Crippen LogP contribution >= 0.6 is 0 Å². The number of hydrogen-bond donors (Lipinski definition) is 1. The van der Waals surface area contributed by atoms with E-state index in [0.29, 0.717) is 30.2 Å². The third-order valence-electron chi connectivity index (χ3n) is 3.12. The summed E-state index contributed by atoms with van der Waals surface area (Å²) in [5.41, 5.74) is 0.376. The first-order valence-corrected chi connectivity index (χ1v) is 6.73. The van der Waals surface area contributed by atoms with Crippen molar-refractivity contribution in [2.24, 2.45) is 11.8 Å². The minimum atomic E-state index is -1.06. The molecule has 0 unspecified atom stereocenters. The van der Waals surface area contributed by atoms with E-state index in [1.54, 1.807) is 12.1 Å². The standard InChI is InChI=1S/C16H25FO/c1-11(2)9-16(18,10-12(3)4)14-8-13(5)6-7-15(14)17/h6-8,11-12,18H,9-10H2,1-5H3. The molecular weight excluding hydrogens is 227 g/mol. The lowest BCUT2D eigenvalue weighted by atomic mass is 9.79. The van der Waals surface area contributed by atoms with E-state index < -0.39 is 5.60 Å². The molecule has 2 heteroatoms. The molecule has 0 aliphatic rings. The Bertz CT molecular complexity index is 386. The molecule has 0 atom stereocenters. The summed E-state index contributed by atoms with van der Waals surface area (Å²) in [5, 5.41) is 10.9. The van der Waals surface area contributed by atoms with Gasteiger partial charge < -0.3 is 5.11 Å². The average molecular weight is 252 g/mol. The monoisotopic (exact) mass is 252 g/mol. The summed E-state index contributed by atoms with van der Waals surface area (Å²) in [6.45, 7) is 10.1. The van der Waals surface area contributed by atoms with Crippen LogP contribution in [0.5, 0.6) is 0 Å². The van der Waals surface area contributed by atoms with Gasteiger partial charge in [0.25, 0.3) is 0 Å². The van der Waals surface area contributed by atoms with Gasteiger partial charge in [0.2, 0.25) is 0 Å². The van der Waals surface area contributed by atoms with Crippen molar-refractivity contribution in [2.75, 3.05) is 0 Å². The molecule has 0 aliphatic heterocycles. The van der Waals surface area contributed by atoms with Crippen molar-refractivity contribution in [1.29, 1.82) is 0 Å². The summed E-state index contributed by atoms with van der Waals surface area (Å²) in [6.07, 6.45) is 1.18. The normalized spacial score (nSPS) is 12.5. The molecule has 0 aliphatic carbocycles. The molecule has 18 heavy (non-hydrogen) atoms. The van der Waals surface area contributed by atoms with Crippen molar-refractivity contribution in [3.05, 3.63) is 35.1 Å². The van der Waals surface area contributed by atoms with E-state index in [4.69, 9.17) is 0 Å². The van der Waals surface area contributed by atoms with Gasteiger partial charge in [-0.2, -0.15) is 0 Å². The Balaban J connectivity index is 3.19. The summed E-state index contributed by atoms with van der Waals surface area (Å²) in [6, 6.07) is 4.97. The average Bonchev–Trinajstić information content (AvgIpc) is 2.19. The molecule has 0 bridgehead atoms. The quantitative estimate of drug-likeness (QED) is 0.822. The fraction of sp³-hybridized carbons (Fsp3) is 0.625. The molecule has 1 aromatic carbocycles. The van der Waals surface area contributed by atoms with E-state index >= 15 is 0 Å². The summed E-state index contributed by atoms with van der Waals surface area (Å²) in [7, 11) is 0. The van der Waals surface area contributed by atoms with Gasteiger partial charge in [-0.05, 0) is 37.7 Å². The minimum Gasteiger partial charge on any atom is -0.385 e.